The van der Waals surface area contributed by atoms with Crippen molar-refractivity contribution in [2.45, 2.75) is 20.3 Å². The molecule has 1 aromatic rings. The van der Waals surface area contributed by atoms with E-state index in [0.29, 0.717) is 44.6 Å². The minimum atomic E-state index is -0.206. The van der Waals surface area contributed by atoms with E-state index >= 15 is 0 Å². The molecule has 0 atom stereocenters. The maximum absolute atomic E-state index is 12.1. The number of rotatable bonds is 6. The number of hydrogen-bond acceptors (Lipinski definition) is 5. The first-order valence-electron chi connectivity index (χ1n) is 8.37. The molecule has 0 spiro atoms. The second-order valence-corrected chi connectivity index (χ2v) is 6.21. The number of amides is 3. The van der Waals surface area contributed by atoms with E-state index in [0.717, 1.165) is 6.42 Å². The molecule has 24 heavy (non-hydrogen) atoms. The predicted molar refractivity (Wildman–Crippen MR) is 91.7 cm³/mol. The van der Waals surface area contributed by atoms with Crippen molar-refractivity contribution in [3.05, 3.63) is 18.5 Å². The molecule has 0 aromatic carbocycles. The van der Waals surface area contributed by atoms with Crippen molar-refractivity contribution in [3.63, 3.8) is 0 Å². The first-order valence-corrected chi connectivity index (χ1v) is 8.37. The normalized spacial score (nSPS) is 14.6. The van der Waals surface area contributed by atoms with Gasteiger partial charge in [-0.1, -0.05) is 13.8 Å². The molecule has 8 nitrogen and oxygen atoms in total. The van der Waals surface area contributed by atoms with Gasteiger partial charge in [0.25, 0.3) is 0 Å². The molecule has 0 saturated carbocycles. The Balaban J connectivity index is 1.66. The molecule has 2 rings (SSSR count). The minimum absolute atomic E-state index is 0.0128. The minimum Gasteiger partial charge on any atom is -0.355 e. The molecule has 1 aliphatic heterocycles. The highest BCUT2D eigenvalue weighted by Gasteiger charge is 2.22. The van der Waals surface area contributed by atoms with E-state index in [-0.39, 0.29) is 18.5 Å². The second kappa shape index (κ2) is 9.05. The lowest BCUT2D eigenvalue weighted by atomic mass is 10.1. The molecule has 1 fully saturated rings. The molecule has 0 bridgehead atoms. The molecule has 1 aliphatic rings. The van der Waals surface area contributed by atoms with Crippen LogP contribution < -0.4 is 15.5 Å². The summed E-state index contributed by atoms with van der Waals surface area (Å²) in [5.74, 6) is 1.08. The predicted octanol–water partition coefficient (Wildman–Crippen LogP) is 0.471. The monoisotopic (exact) mass is 334 g/mol. The number of carbonyl (C=O) groups excluding carboxylic acids is 2. The van der Waals surface area contributed by atoms with Crippen molar-refractivity contribution in [2.75, 3.05) is 44.2 Å². The van der Waals surface area contributed by atoms with Crippen LogP contribution in [0.2, 0.25) is 0 Å². The van der Waals surface area contributed by atoms with Crippen LogP contribution in [0.4, 0.5) is 10.7 Å². The third kappa shape index (κ3) is 5.68. The fraction of sp³-hybridized carbons (Fsp3) is 0.625. The smallest absolute Gasteiger partial charge is 0.317 e. The summed E-state index contributed by atoms with van der Waals surface area (Å²) in [6.45, 7) is 7.39. The Labute approximate surface area is 142 Å². The number of piperazine rings is 1. The van der Waals surface area contributed by atoms with Gasteiger partial charge >= 0.3 is 6.03 Å². The Morgan fingerprint density at radius 3 is 2.42 bits per heavy atom. The number of carbonyl (C=O) groups is 2. The summed E-state index contributed by atoms with van der Waals surface area (Å²) in [4.78, 5) is 36.0. The summed E-state index contributed by atoms with van der Waals surface area (Å²) in [6, 6.07) is 1.57. The van der Waals surface area contributed by atoms with Crippen LogP contribution in [0.15, 0.2) is 18.5 Å². The summed E-state index contributed by atoms with van der Waals surface area (Å²) in [7, 11) is 0. The van der Waals surface area contributed by atoms with E-state index in [9.17, 15) is 9.59 Å². The molecule has 132 valence electrons. The molecule has 0 unspecified atom stereocenters. The summed E-state index contributed by atoms with van der Waals surface area (Å²) >= 11 is 0. The highest BCUT2D eigenvalue weighted by molar-refractivity contribution is 5.84. The molecule has 0 aliphatic carbocycles. The molecule has 0 radical (unpaired) electrons. The zero-order chi connectivity index (χ0) is 17.4. The summed E-state index contributed by atoms with van der Waals surface area (Å²) < 4.78 is 0. The third-order valence-electron chi connectivity index (χ3n) is 3.85. The second-order valence-electron chi connectivity index (χ2n) is 6.21. The average Bonchev–Trinajstić information content (AvgIpc) is 2.60. The van der Waals surface area contributed by atoms with E-state index in [4.69, 9.17) is 0 Å². The Hall–Kier alpha value is -2.38. The van der Waals surface area contributed by atoms with Gasteiger partial charge in [-0.2, -0.15) is 0 Å². The standard InChI is InChI=1S/C16H26N6O2/c1-13(2)4-7-17-14(23)12-20-16(24)22-10-8-21(9-11-22)15-18-5-3-6-19-15/h3,5-6,13H,4,7-12H2,1-2H3,(H,17,23)(H,20,24). The quantitative estimate of drug-likeness (QED) is 0.789. The van der Waals surface area contributed by atoms with E-state index in [1.807, 2.05) is 4.90 Å². The number of nitrogens with one attached hydrogen (secondary N) is 2. The van der Waals surface area contributed by atoms with Crippen LogP contribution in [0.25, 0.3) is 0 Å². The van der Waals surface area contributed by atoms with Crippen LogP contribution in [0.1, 0.15) is 20.3 Å². The number of aromatic nitrogens is 2. The van der Waals surface area contributed by atoms with Gasteiger partial charge in [0.15, 0.2) is 0 Å². The van der Waals surface area contributed by atoms with Crippen LogP contribution in [0.5, 0.6) is 0 Å². The van der Waals surface area contributed by atoms with E-state index < -0.39 is 0 Å². The van der Waals surface area contributed by atoms with E-state index in [1.165, 1.54) is 0 Å². The van der Waals surface area contributed by atoms with E-state index in [2.05, 4.69) is 34.4 Å². The van der Waals surface area contributed by atoms with Gasteiger partial charge in [0.1, 0.15) is 0 Å². The van der Waals surface area contributed by atoms with Crippen LogP contribution in [-0.4, -0.2) is 66.1 Å². The van der Waals surface area contributed by atoms with Gasteiger partial charge in [-0.15, -0.1) is 0 Å². The fourth-order valence-electron chi connectivity index (χ4n) is 2.39. The summed E-state index contributed by atoms with van der Waals surface area (Å²) in [5, 5.41) is 5.47. The topological polar surface area (TPSA) is 90.5 Å². The zero-order valence-corrected chi connectivity index (χ0v) is 14.4. The van der Waals surface area contributed by atoms with Crippen molar-refractivity contribution < 1.29 is 9.59 Å². The molecule has 1 aromatic heterocycles. The van der Waals surface area contributed by atoms with Gasteiger partial charge in [-0.3, -0.25) is 4.79 Å². The Morgan fingerprint density at radius 2 is 1.79 bits per heavy atom. The fourth-order valence-corrected chi connectivity index (χ4v) is 2.39. The average molecular weight is 334 g/mol. The van der Waals surface area contributed by atoms with Crippen molar-refractivity contribution in [1.29, 1.82) is 0 Å². The molecular weight excluding hydrogens is 308 g/mol. The number of anilines is 1. The van der Waals surface area contributed by atoms with Gasteiger partial charge in [0, 0.05) is 45.1 Å². The molecule has 8 heteroatoms. The summed E-state index contributed by atoms with van der Waals surface area (Å²) in [5.41, 5.74) is 0. The van der Waals surface area contributed by atoms with Gasteiger partial charge < -0.3 is 20.4 Å². The molecule has 2 N–H and O–H groups in total. The van der Waals surface area contributed by atoms with Crippen LogP contribution >= 0.6 is 0 Å². The zero-order valence-electron chi connectivity index (χ0n) is 14.4. The maximum Gasteiger partial charge on any atom is 0.317 e. The molecule has 2 heterocycles. The first-order chi connectivity index (χ1) is 11.6. The third-order valence-corrected chi connectivity index (χ3v) is 3.85. The SMILES string of the molecule is CC(C)CCNC(=O)CNC(=O)N1CCN(c2ncccn2)CC1. The number of nitrogens with zero attached hydrogens (tertiary/aromatic N) is 4. The lowest BCUT2D eigenvalue weighted by Gasteiger charge is -2.34. The van der Waals surface area contributed by atoms with Crippen molar-refractivity contribution in [2.24, 2.45) is 5.92 Å². The number of hydrogen-bond donors (Lipinski definition) is 2. The van der Waals surface area contributed by atoms with E-state index in [1.54, 1.807) is 23.4 Å². The van der Waals surface area contributed by atoms with Crippen molar-refractivity contribution in [1.82, 2.24) is 25.5 Å². The Morgan fingerprint density at radius 1 is 1.12 bits per heavy atom. The lowest BCUT2D eigenvalue weighted by Crippen LogP contribution is -2.53. The highest BCUT2D eigenvalue weighted by atomic mass is 16.2. The lowest BCUT2D eigenvalue weighted by molar-refractivity contribution is -0.120. The first kappa shape index (κ1) is 18.0. The number of urea groups is 1. The van der Waals surface area contributed by atoms with Gasteiger partial charge in [-0.05, 0) is 18.4 Å². The largest absolute Gasteiger partial charge is 0.355 e. The van der Waals surface area contributed by atoms with Crippen molar-refractivity contribution in [3.8, 4) is 0 Å². The molecule has 3 amide bonds. The van der Waals surface area contributed by atoms with Gasteiger partial charge in [0.2, 0.25) is 11.9 Å². The van der Waals surface area contributed by atoms with Gasteiger partial charge in [0.05, 0.1) is 6.54 Å². The van der Waals surface area contributed by atoms with Crippen molar-refractivity contribution >= 4 is 17.9 Å². The maximum atomic E-state index is 12.1. The van der Waals surface area contributed by atoms with Gasteiger partial charge in [-0.25, -0.2) is 14.8 Å². The summed E-state index contributed by atoms with van der Waals surface area (Å²) in [6.07, 6.45) is 4.35. The Bertz CT molecular complexity index is 529. The Kier molecular flexibility index (Phi) is 6.77. The molecule has 1 saturated heterocycles. The van der Waals surface area contributed by atoms with Crippen LogP contribution in [0, 0.1) is 5.92 Å². The van der Waals surface area contributed by atoms with Crippen LogP contribution in [0.3, 0.4) is 0 Å². The van der Waals surface area contributed by atoms with Crippen LogP contribution in [-0.2, 0) is 4.79 Å². The highest BCUT2D eigenvalue weighted by Crippen LogP contribution is 2.09. The molecular formula is C16H26N6O2.